The maximum atomic E-state index is 12.9. The number of hydrogen-bond acceptors (Lipinski definition) is 7. The minimum absolute atomic E-state index is 0.0636. The van der Waals surface area contributed by atoms with Crippen molar-refractivity contribution in [2.45, 2.75) is 26.2 Å². The lowest BCUT2D eigenvalue weighted by Gasteiger charge is -2.22. The van der Waals surface area contributed by atoms with Crippen LogP contribution in [0.4, 0.5) is 0 Å². The minimum Gasteiger partial charge on any atom is -0.380 e. The molecular weight excluding hydrogens is 300 g/mol. The Morgan fingerprint density at radius 2 is 2.09 bits per heavy atom. The van der Waals surface area contributed by atoms with Crippen molar-refractivity contribution >= 4 is 5.91 Å². The van der Waals surface area contributed by atoms with Gasteiger partial charge in [-0.25, -0.2) is 0 Å². The first-order valence-electron chi connectivity index (χ1n) is 7.62. The quantitative estimate of drug-likeness (QED) is 0.816. The SMILES string of the molecule is Cc1noc([C@@]23COC[C@@H]2CN(C(=O)c2c(C)noc2C)C3)n1. The van der Waals surface area contributed by atoms with E-state index >= 15 is 0 Å². The number of amides is 1. The standard InChI is InChI=1S/C15H18N4O4/c1-8-12(9(2)22-17-8)13(20)19-4-11-5-21-7-15(11,6-19)14-16-10(3)18-23-14/h11H,4-7H2,1-3H3/t11-,15-/m0/s1. The van der Waals surface area contributed by atoms with E-state index in [0.717, 1.165) is 0 Å². The largest absolute Gasteiger partial charge is 0.380 e. The van der Waals surface area contributed by atoms with E-state index in [-0.39, 0.29) is 11.8 Å². The van der Waals surface area contributed by atoms with E-state index in [0.29, 0.717) is 55.0 Å². The van der Waals surface area contributed by atoms with Crippen LogP contribution in [-0.4, -0.2) is 52.4 Å². The van der Waals surface area contributed by atoms with E-state index in [1.807, 2.05) is 4.90 Å². The third-order valence-electron chi connectivity index (χ3n) is 4.86. The van der Waals surface area contributed by atoms with Crippen LogP contribution >= 0.6 is 0 Å². The smallest absolute Gasteiger partial charge is 0.259 e. The van der Waals surface area contributed by atoms with E-state index < -0.39 is 5.41 Å². The number of rotatable bonds is 2. The maximum Gasteiger partial charge on any atom is 0.259 e. The molecule has 0 radical (unpaired) electrons. The van der Waals surface area contributed by atoms with Crippen molar-refractivity contribution in [1.29, 1.82) is 0 Å². The van der Waals surface area contributed by atoms with Crippen molar-refractivity contribution in [3.05, 3.63) is 28.7 Å². The average Bonchev–Trinajstić information content (AvgIpc) is 3.22. The van der Waals surface area contributed by atoms with Crippen LogP contribution in [0.2, 0.25) is 0 Å². The molecule has 8 nitrogen and oxygen atoms in total. The lowest BCUT2D eigenvalue weighted by molar-refractivity contribution is 0.0734. The first-order valence-corrected chi connectivity index (χ1v) is 7.62. The Morgan fingerprint density at radius 1 is 1.26 bits per heavy atom. The normalized spacial score (nSPS) is 26.7. The Kier molecular flexibility index (Phi) is 3.06. The molecule has 0 aromatic carbocycles. The van der Waals surface area contributed by atoms with Gasteiger partial charge in [-0.05, 0) is 20.8 Å². The lowest BCUT2D eigenvalue weighted by Crippen LogP contribution is -2.37. The highest BCUT2D eigenvalue weighted by molar-refractivity contribution is 5.96. The molecule has 8 heteroatoms. The van der Waals surface area contributed by atoms with Crippen LogP contribution in [-0.2, 0) is 10.2 Å². The van der Waals surface area contributed by atoms with Crippen LogP contribution in [0.1, 0.15) is 33.5 Å². The number of carbonyl (C=O) groups is 1. The van der Waals surface area contributed by atoms with Crippen LogP contribution in [0, 0.1) is 26.7 Å². The molecule has 0 bridgehead atoms. The molecule has 23 heavy (non-hydrogen) atoms. The van der Waals surface area contributed by atoms with Gasteiger partial charge in [0.2, 0.25) is 5.89 Å². The highest BCUT2D eigenvalue weighted by atomic mass is 16.5. The topological polar surface area (TPSA) is 94.5 Å². The fraction of sp³-hybridized carbons (Fsp3) is 0.600. The van der Waals surface area contributed by atoms with Crippen LogP contribution in [0.25, 0.3) is 0 Å². The second-order valence-electron chi connectivity index (χ2n) is 6.40. The number of hydrogen-bond donors (Lipinski definition) is 0. The number of ether oxygens (including phenoxy) is 1. The van der Waals surface area contributed by atoms with Crippen LogP contribution in [0.5, 0.6) is 0 Å². The number of carbonyl (C=O) groups excluding carboxylic acids is 1. The molecule has 0 saturated carbocycles. The zero-order valence-electron chi connectivity index (χ0n) is 13.3. The van der Waals surface area contributed by atoms with E-state index in [9.17, 15) is 4.79 Å². The van der Waals surface area contributed by atoms with Gasteiger partial charge in [0.15, 0.2) is 5.82 Å². The molecular formula is C15H18N4O4. The molecule has 122 valence electrons. The van der Waals surface area contributed by atoms with Gasteiger partial charge in [-0.15, -0.1) is 0 Å². The summed E-state index contributed by atoms with van der Waals surface area (Å²) >= 11 is 0. The van der Waals surface area contributed by atoms with E-state index in [2.05, 4.69) is 15.3 Å². The van der Waals surface area contributed by atoms with Gasteiger partial charge in [-0.2, -0.15) is 4.98 Å². The molecule has 2 aromatic heterocycles. The van der Waals surface area contributed by atoms with Crippen molar-refractivity contribution in [3.63, 3.8) is 0 Å². The van der Waals surface area contributed by atoms with Crippen LogP contribution in [0.3, 0.4) is 0 Å². The van der Waals surface area contributed by atoms with E-state index in [1.54, 1.807) is 20.8 Å². The molecule has 4 rings (SSSR count). The number of fused-ring (bicyclic) bond motifs is 1. The Morgan fingerprint density at radius 3 is 2.74 bits per heavy atom. The van der Waals surface area contributed by atoms with Gasteiger partial charge in [0.1, 0.15) is 11.3 Å². The molecule has 4 heterocycles. The van der Waals surface area contributed by atoms with Gasteiger partial charge in [0.05, 0.1) is 24.3 Å². The van der Waals surface area contributed by atoms with Crippen molar-refractivity contribution in [1.82, 2.24) is 20.2 Å². The molecule has 0 unspecified atom stereocenters. The first-order chi connectivity index (χ1) is 11.0. The summed E-state index contributed by atoms with van der Waals surface area (Å²) in [4.78, 5) is 19.1. The van der Waals surface area contributed by atoms with Crippen LogP contribution in [0.15, 0.2) is 9.05 Å². The zero-order valence-corrected chi connectivity index (χ0v) is 13.3. The Balaban J connectivity index is 1.66. The number of likely N-dealkylation sites (tertiary alicyclic amines) is 1. The van der Waals surface area contributed by atoms with Crippen LogP contribution < -0.4 is 0 Å². The predicted molar refractivity (Wildman–Crippen MR) is 76.9 cm³/mol. The second kappa shape index (κ2) is 4.89. The summed E-state index contributed by atoms with van der Waals surface area (Å²) in [6, 6.07) is 0. The number of aromatic nitrogens is 3. The Hall–Kier alpha value is -2.22. The van der Waals surface area contributed by atoms with Gasteiger partial charge in [0, 0.05) is 19.0 Å². The van der Waals surface area contributed by atoms with Gasteiger partial charge >= 0.3 is 0 Å². The zero-order chi connectivity index (χ0) is 16.2. The van der Waals surface area contributed by atoms with E-state index in [4.69, 9.17) is 13.8 Å². The Labute approximate surface area is 132 Å². The average molecular weight is 318 g/mol. The molecule has 2 saturated heterocycles. The molecule has 0 N–H and O–H groups in total. The highest BCUT2D eigenvalue weighted by Crippen LogP contribution is 2.43. The van der Waals surface area contributed by atoms with Gasteiger partial charge in [-0.1, -0.05) is 10.3 Å². The van der Waals surface area contributed by atoms with Crippen molar-refractivity contribution in [3.8, 4) is 0 Å². The Bertz CT molecular complexity index is 748. The molecule has 2 atom stereocenters. The van der Waals surface area contributed by atoms with E-state index in [1.165, 1.54) is 0 Å². The summed E-state index contributed by atoms with van der Waals surface area (Å²) in [7, 11) is 0. The number of aryl methyl sites for hydroxylation is 3. The summed E-state index contributed by atoms with van der Waals surface area (Å²) in [5.41, 5.74) is 0.752. The molecule has 2 aliphatic heterocycles. The maximum absolute atomic E-state index is 12.9. The summed E-state index contributed by atoms with van der Waals surface area (Å²) in [5, 5.41) is 7.77. The first kappa shape index (κ1) is 14.4. The second-order valence-corrected chi connectivity index (χ2v) is 6.40. The minimum atomic E-state index is -0.407. The summed E-state index contributed by atoms with van der Waals surface area (Å²) in [6.07, 6.45) is 0. The van der Waals surface area contributed by atoms with Crippen molar-refractivity contribution in [2.75, 3.05) is 26.3 Å². The molecule has 2 fully saturated rings. The van der Waals surface area contributed by atoms with Gasteiger partial charge in [0.25, 0.3) is 5.91 Å². The summed E-state index contributed by atoms with van der Waals surface area (Å²) in [6.45, 7) is 7.51. The number of nitrogens with zero attached hydrogens (tertiary/aromatic N) is 4. The van der Waals surface area contributed by atoms with Crippen molar-refractivity contribution in [2.24, 2.45) is 5.92 Å². The lowest BCUT2D eigenvalue weighted by atomic mass is 9.81. The molecule has 2 aromatic rings. The summed E-state index contributed by atoms with van der Waals surface area (Å²) in [5.74, 6) is 1.80. The van der Waals surface area contributed by atoms with Gasteiger partial charge in [-0.3, -0.25) is 4.79 Å². The molecule has 1 amide bonds. The predicted octanol–water partition coefficient (Wildman–Crippen LogP) is 1.02. The fourth-order valence-electron chi connectivity index (χ4n) is 3.64. The molecule has 0 aliphatic carbocycles. The molecule has 2 aliphatic rings. The van der Waals surface area contributed by atoms with Crippen molar-refractivity contribution < 1.29 is 18.6 Å². The third-order valence-corrected chi connectivity index (χ3v) is 4.86. The highest BCUT2D eigenvalue weighted by Gasteiger charge is 2.56. The van der Waals surface area contributed by atoms with Gasteiger partial charge < -0.3 is 18.7 Å². The fourth-order valence-corrected chi connectivity index (χ4v) is 3.64. The summed E-state index contributed by atoms with van der Waals surface area (Å²) < 4.78 is 16.2. The monoisotopic (exact) mass is 318 g/mol. The third kappa shape index (κ3) is 2.01. The molecule has 0 spiro atoms.